The summed E-state index contributed by atoms with van der Waals surface area (Å²) in [5.74, 6) is -0.484. The lowest BCUT2D eigenvalue weighted by Gasteiger charge is -2.11. The fraction of sp³-hybridized carbons (Fsp3) is 0.714. The molecule has 1 aliphatic heterocycles. The topological polar surface area (TPSA) is 65.4 Å². The summed E-state index contributed by atoms with van der Waals surface area (Å²) < 4.78 is 4.80. The van der Waals surface area contributed by atoms with Gasteiger partial charge in [-0.1, -0.05) is 0 Å². The molecule has 0 aliphatic carbocycles. The fourth-order valence-electron chi connectivity index (χ4n) is 1.08. The van der Waals surface area contributed by atoms with E-state index in [1.54, 1.807) is 14.0 Å². The third-order valence-electron chi connectivity index (χ3n) is 1.80. The van der Waals surface area contributed by atoms with Crippen LogP contribution in [0.4, 0.5) is 0 Å². The number of hydrogen-bond acceptors (Lipinski definition) is 4. The van der Waals surface area contributed by atoms with Crippen LogP contribution in [-0.2, 0) is 9.53 Å². The molecule has 0 spiro atoms. The second-order valence-electron chi connectivity index (χ2n) is 2.61. The Bertz CT molecular complexity index is 205. The molecule has 1 atom stereocenters. The molecule has 0 aromatic carbocycles. The van der Waals surface area contributed by atoms with Crippen LogP contribution in [0.2, 0.25) is 0 Å². The van der Waals surface area contributed by atoms with Gasteiger partial charge in [0.15, 0.2) is 0 Å². The summed E-state index contributed by atoms with van der Waals surface area (Å²) in [6.07, 6.45) is 0. The first-order chi connectivity index (χ1) is 5.66. The molecule has 0 aromatic rings. The lowest BCUT2D eigenvalue weighted by atomic mass is 10.1. The van der Waals surface area contributed by atoms with E-state index in [0.717, 1.165) is 0 Å². The Kier molecular flexibility index (Phi) is 2.65. The van der Waals surface area contributed by atoms with Gasteiger partial charge in [-0.15, -0.1) is 0 Å². The van der Waals surface area contributed by atoms with Crippen molar-refractivity contribution in [1.29, 1.82) is 5.41 Å². The van der Waals surface area contributed by atoms with Gasteiger partial charge in [0.2, 0.25) is 0 Å². The van der Waals surface area contributed by atoms with Crippen LogP contribution >= 0.6 is 0 Å². The van der Waals surface area contributed by atoms with Crippen molar-refractivity contribution in [3.8, 4) is 0 Å². The van der Waals surface area contributed by atoms with E-state index in [1.807, 2.05) is 0 Å². The van der Waals surface area contributed by atoms with Gasteiger partial charge < -0.3 is 4.74 Å². The molecule has 2 N–H and O–H groups in total. The Balaban J connectivity index is 2.53. The predicted molar refractivity (Wildman–Crippen MR) is 43.6 cm³/mol. The van der Waals surface area contributed by atoms with E-state index in [2.05, 4.69) is 5.43 Å². The number of nitrogens with one attached hydrogen (secondary N) is 2. The standard InChI is InChI=1S/C7H13N3O2/c1-3-12-7(11)5-4-9-10(2)6(5)8/h5,8-9H,3-4H2,1-2H3. The van der Waals surface area contributed by atoms with Crippen molar-refractivity contribution in [3.05, 3.63) is 0 Å². The number of carbonyl (C=O) groups excluding carboxylic acids is 1. The van der Waals surface area contributed by atoms with Gasteiger partial charge >= 0.3 is 5.97 Å². The van der Waals surface area contributed by atoms with Crippen molar-refractivity contribution < 1.29 is 9.53 Å². The number of carbonyl (C=O) groups is 1. The third kappa shape index (κ3) is 1.55. The van der Waals surface area contributed by atoms with E-state index in [1.165, 1.54) is 5.01 Å². The zero-order chi connectivity index (χ0) is 9.14. The SMILES string of the molecule is CCOC(=O)C1CNN(C)C1=N. The van der Waals surface area contributed by atoms with Gasteiger partial charge in [-0.2, -0.15) is 0 Å². The first-order valence-electron chi connectivity index (χ1n) is 3.89. The molecule has 0 bridgehead atoms. The van der Waals surface area contributed by atoms with Crippen molar-refractivity contribution >= 4 is 11.8 Å². The minimum Gasteiger partial charge on any atom is -0.465 e. The van der Waals surface area contributed by atoms with Gasteiger partial charge in [0.05, 0.1) is 6.61 Å². The summed E-state index contributed by atoms with van der Waals surface area (Å²) in [6, 6.07) is 0. The minimum absolute atomic E-state index is 0.272. The molecule has 5 heteroatoms. The monoisotopic (exact) mass is 171 g/mol. The number of hydrogen-bond donors (Lipinski definition) is 2. The summed E-state index contributed by atoms with van der Waals surface area (Å²) in [5.41, 5.74) is 2.87. The Morgan fingerprint density at radius 3 is 3.00 bits per heavy atom. The first kappa shape index (κ1) is 8.99. The van der Waals surface area contributed by atoms with Crippen molar-refractivity contribution in [2.75, 3.05) is 20.2 Å². The van der Waals surface area contributed by atoms with Crippen molar-refractivity contribution in [2.45, 2.75) is 6.92 Å². The van der Waals surface area contributed by atoms with Crippen LogP contribution in [0.5, 0.6) is 0 Å². The zero-order valence-electron chi connectivity index (χ0n) is 7.26. The largest absolute Gasteiger partial charge is 0.465 e. The third-order valence-corrected chi connectivity index (χ3v) is 1.80. The Hall–Kier alpha value is -1.10. The summed E-state index contributed by atoms with van der Waals surface area (Å²) in [7, 11) is 1.71. The number of ether oxygens (including phenoxy) is 1. The summed E-state index contributed by atoms with van der Waals surface area (Å²) in [6.45, 7) is 2.59. The quantitative estimate of drug-likeness (QED) is 0.554. The predicted octanol–water partition coefficient (Wildman–Crippen LogP) is -0.407. The summed E-state index contributed by atoms with van der Waals surface area (Å²) in [5, 5.41) is 9.01. The Morgan fingerprint density at radius 2 is 2.58 bits per heavy atom. The van der Waals surface area contributed by atoms with Gasteiger partial charge in [-0.3, -0.25) is 15.2 Å². The van der Waals surface area contributed by atoms with Crippen LogP contribution < -0.4 is 5.43 Å². The van der Waals surface area contributed by atoms with E-state index in [9.17, 15) is 4.79 Å². The molecule has 12 heavy (non-hydrogen) atoms. The molecular weight excluding hydrogens is 158 g/mol. The number of nitrogens with zero attached hydrogens (tertiary/aromatic N) is 1. The lowest BCUT2D eigenvalue weighted by molar-refractivity contribution is -0.145. The van der Waals surface area contributed by atoms with Crippen LogP contribution in [0.1, 0.15) is 6.92 Å². The van der Waals surface area contributed by atoms with E-state index in [0.29, 0.717) is 13.2 Å². The molecule has 1 unspecified atom stereocenters. The van der Waals surface area contributed by atoms with Crippen molar-refractivity contribution in [2.24, 2.45) is 5.92 Å². The highest BCUT2D eigenvalue weighted by Gasteiger charge is 2.32. The fourth-order valence-corrected chi connectivity index (χ4v) is 1.08. The van der Waals surface area contributed by atoms with E-state index >= 15 is 0 Å². The maximum atomic E-state index is 11.2. The van der Waals surface area contributed by atoms with Crippen molar-refractivity contribution in [3.63, 3.8) is 0 Å². The molecule has 5 nitrogen and oxygen atoms in total. The maximum Gasteiger partial charge on any atom is 0.318 e. The van der Waals surface area contributed by atoms with Crippen molar-refractivity contribution in [1.82, 2.24) is 10.4 Å². The van der Waals surface area contributed by atoms with Gasteiger partial charge in [0.25, 0.3) is 0 Å². The molecule has 1 aliphatic rings. The molecule has 1 rings (SSSR count). The van der Waals surface area contributed by atoms with Crippen LogP contribution in [0, 0.1) is 11.3 Å². The van der Waals surface area contributed by atoms with Crippen LogP contribution in [0.3, 0.4) is 0 Å². The normalized spacial score (nSPS) is 23.0. The Labute approximate surface area is 71.2 Å². The number of esters is 1. The zero-order valence-corrected chi connectivity index (χ0v) is 7.26. The highest BCUT2D eigenvalue weighted by molar-refractivity contribution is 6.00. The highest BCUT2D eigenvalue weighted by Crippen LogP contribution is 2.08. The number of rotatable bonds is 2. The van der Waals surface area contributed by atoms with Gasteiger partial charge in [0.1, 0.15) is 11.8 Å². The lowest BCUT2D eigenvalue weighted by Crippen LogP contribution is -2.30. The molecule has 0 radical (unpaired) electrons. The van der Waals surface area contributed by atoms with Crippen LogP contribution in [0.25, 0.3) is 0 Å². The van der Waals surface area contributed by atoms with E-state index in [-0.39, 0.29) is 11.8 Å². The number of hydrazine groups is 1. The number of amidine groups is 1. The smallest absolute Gasteiger partial charge is 0.318 e. The van der Waals surface area contributed by atoms with Crippen LogP contribution in [-0.4, -0.2) is 37.0 Å². The molecule has 1 saturated heterocycles. The van der Waals surface area contributed by atoms with Crippen LogP contribution in [0.15, 0.2) is 0 Å². The molecule has 0 amide bonds. The van der Waals surface area contributed by atoms with E-state index in [4.69, 9.17) is 10.1 Å². The van der Waals surface area contributed by atoms with Gasteiger partial charge in [-0.05, 0) is 6.92 Å². The first-order valence-corrected chi connectivity index (χ1v) is 3.89. The molecule has 68 valence electrons. The molecule has 1 heterocycles. The second kappa shape index (κ2) is 3.53. The van der Waals surface area contributed by atoms with E-state index < -0.39 is 5.92 Å². The average molecular weight is 171 g/mol. The second-order valence-corrected chi connectivity index (χ2v) is 2.61. The highest BCUT2D eigenvalue weighted by atomic mass is 16.5. The summed E-state index contributed by atoms with van der Waals surface area (Å²) in [4.78, 5) is 11.2. The molecule has 0 aromatic heterocycles. The van der Waals surface area contributed by atoms with Gasteiger partial charge in [0, 0.05) is 13.6 Å². The molecule has 0 saturated carbocycles. The molecular formula is C7H13N3O2. The average Bonchev–Trinajstić information content (AvgIpc) is 2.34. The molecule has 1 fully saturated rings. The minimum atomic E-state index is -0.435. The Morgan fingerprint density at radius 1 is 1.92 bits per heavy atom. The van der Waals surface area contributed by atoms with Gasteiger partial charge in [-0.25, -0.2) is 5.43 Å². The maximum absolute atomic E-state index is 11.2. The summed E-state index contributed by atoms with van der Waals surface area (Å²) >= 11 is 0.